The van der Waals surface area contributed by atoms with Gasteiger partial charge in [0.1, 0.15) is 0 Å². The number of hydrogen-bond acceptors (Lipinski definition) is 5. The van der Waals surface area contributed by atoms with Crippen LogP contribution >= 0.6 is 11.8 Å². The summed E-state index contributed by atoms with van der Waals surface area (Å²) in [5, 5.41) is 10.3. The molecule has 0 saturated carbocycles. The molecule has 22 heavy (non-hydrogen) atoms. The number of carbonyl (C=O) groups is 1. The summed E-state index contributed by atoms with van der Waals surface area (Å²) < 4.78 is 5.01. The number of nitrogens with zero attached hydrogens (tertiary/aromatic N) is 1. The van der Waals surface area contributed by atoms with Crippen molar-refractivity contribution >= 4 is 28.6 Å². The summed E-state index contributed by atoms with van der Waals surface area (Å²) >= 11 is 1.35. The number of methoxy groups -OCH3 is 1. The number of phenolic OH excluding ortho intramolecular Hbond substituents is 1. The van der Waals surface area contributed by atoms with E-state index in [9.17, 15) is 9.90 Å². The molecule has 1 heterocycles. The average molecular weight is 314 g/mol. The summed E-state index contributed by atoms with van der Waals surface area (Å²) in [5.41, 5.74) is 2.32. The van der Waals surface area contributed by atoms with Gasteiger partial charge in [-0.15, -0.1) is 0 Å². The van der Waals surface area contributed by atoms with E-state index in [4.69, 9.17) is 4.74 Å². The monoisotopic (exact) mass is 314 g/mol. The molecule has 6 heteroatoms. The number of fused-ring (bicyclic) bond motifs is 1. The summed E-state index contributed by atoms with van der Waals surface area (Å²) in [7, 11) is 1.45. The Hall–Kier alpha value is -2.47. The van der Waals surface area contributed by atoms with Crippen molar-refractivity contribution in [1.29, 1.82) is 0 Å². The number of para-hydroxylation sites is 2. The lowest BCUT2D eigenvalue weighted by atomic mass is 10.1. The average Bonchev–Trinajstić information content (AvgIpc) is 2.96. The van der Waals surface area contributed by atoms with Crippen LogP contribution in [0.15, 0.2) is 47.6 Å². The number of Topliss-reactive ketones (excluding diaryl/α,β-unsaturated/α-hetero) is 1. The number of aromatic hydroxyl groups is 1. The molecule has 0 bridgehead atoms. The number of H-pyrrole nitrogens is 1. The number of ketones is 1. The number of thioether (sulfide) groups is 1. The minimum Gasteiger partial charge on any atom is -0.504 e. The van der Waals surface area contributed by atoms with Crippen LogP contribution in [-0.2, 0) is 0 Å². The lowest BCUT2D eigenvalue weighted by Crippen LogP contribution is -2.03. The molecule has 0 aliphatic rings. The van der Waals surface area contributed by atoms with Gasteiger partial charge in [-0.25, -0.2) is 4.98 Å². The largest absolute Gasteiger partial charge is 0.504 e. The van der Waals surface area contributed by atoms with Crippen molar-refractivity contribution in [3.63, 3.8) is 0 Å². The molecule has 2 N–H and O–H groups in total. The van der Waals surface area contributed by atoms with Crippen molar-refractivity contribution in [2.24, 2.45) is 0 Å². The molecule has 0 aliphatic heterocycles. The van der Waals surface area contributed by atoms with Crippen LogP contribution in [0.3, 0.4) is 0 Å². The Morgan fingerprint density at radius 2 is 2.14 bits per heavy atom. The van der Waals surface area contributed by atoms with E-state index in [0.29, 0.717) is 16.5 Å². The van der Waals surface area contributed by atoms with Crippen LogP contribution < -0.4 is 4.74 Å². The third kappa shape index (κ3) is 2.92. The minimum absolute atomic E-state index is 0.0176. The highest BCUT2D eigenvalue weighted by atomic mass is 32.2. The van der Waals surface area contributed by atoms with Crippen molar-refractivity contribution < 1.29 is 14.6 Å². The molecule has 5 nitrogen and oxygen atoms in total. The first-order chi connectivity index (χ1) is 10.7. The van der Waals surface area contributed by atoms with Crippen molar-refractivity contribution in [1.82, 2.24) is 9.97 Å². The van der Waals surface area contributed by atoms with Gasteiger partial charge in [0, 0.05) is 5.56 Å². The first kappa shape index (κ1) is 14.5. The number of hydrogen-bond donors (Lipinski definition) is 2. The molecule has 0 amide bonds. The molecule has 0 atom stereocenters. The molecule has 0 saturated heterocycles. The number of carbonyl (C=O) groups excluding carboxylic acids is 1. The number of ether oxygens (including phenoxy) is 1. The van der Waals surface area contributed by atoms with Gasteiger partial charge in [-0.1, -0.05) is 23.9 Å². The number of aromatic amines is 1. The van der Waals surface area contributed by atoms with E-state index >= 15 is 0 Å². The maximum Gasteiger partial charge on any atom is 0.173 e. The lowest BCUT2D eigenvalue weighted by Gasteiger charge is -2.05. The van der Waals surface area contributed by atoms with Crippen LogP contribution in [-0.4, -0.2) is 33.7 Å². The number of nitrogens with one attached hydrogen (secondary N) is 1. The summed E-state index contributed by atoms with van der Waals surface area (Å²) in [5.74, 6) is 0.514. The first-order valence-corrected chi connectivity index (χ1v) is 7.63. The molecule has 0 spiro atoms. The van der Waals surface area contributed by atoms with Gasteiger partial charge in [0.2, 0.25) is 0 Å². The molecule has 3 rings (SSSR count). The molecule has 112 valence electrons. The smallest absolute Gasteiger partial charge is 0.173 e. The van der Waals surface area contributed by atoms with E-state index < -0.39 is 0 Å². The fourth-order valence-electron chi connectivity index (χ4n) is 2.07. The van der Waals surface area contributed by atoms with E-state index in [1.54, 1.807) is 6.07 Å². The quantitative estimate of drug-likeness (QED) is 0.558. The van der Waals surface area contributed by atoms with Crippen molar-refractivity contribution in [2.75, 3.05) is 12.9 Å². The highest BCUT2D eigenvalue weighted by molar-refractivity contribution is 7.99. The molecule has 3 aromatic rings. The zero-order valence-corrected chi connectivity index (χ0v) is 12.7. The van der Waals surface area contributed by atoms with Gasteiger partial charge in [0.15, 0.2) is 22.4 Å². The van der Waals surface area contributed by atoms with E-state index in [1.165, 1.54) is 31.0 Å². The first-order valence-electron chi connectivity index (χ1n) is 6.65. The van der Waals surface area contributed by atoms with E-state index in [-0.39, 0.29) is 17.3 Å². The SMILES string of the molecule is COc1cc(C(=O)CSc2nc3ccccc3[nH]2)ccc1O. The predicted molar refractivity (Wildman–Crippen MR) is 85.8 cm³/mol. The normalized spacial score (nSPS) is 10.8. The number of benzene rings is 2. The molecular weight excluding hydrogens is 300 g/mol. The van der Waals surface area contributed by atoms with Crippen LogP contribution in [0, 0.1) is 0 Å². The summed E-state index contributed by atoms with van der Waals surface area (Å²) in [4.78, 5) is 19.8. The lowest BCUT2D eigenvalue weighted by molar-refractivity contribution is 0.102. The Kier molecular flexibility index (Phi) is 4.02. The highest BCUT2D eigenvalue weighted by Gasteiger charge is 2.12. The predicted octanol–water partition coefficient (Wildman–Crippen LogP) is 3.25. The maximum absolute atomic E-state index is 12.2. The Balaban J connectivity index is 1.71. The number of imidazole rings is 1. The second-order valence-corrected chi connectivity index (χ2v) is 5.62. The highest BCUT2D eigenvalue weighted by Crippen LogP contribution is 2.27. The molecule has 0 unspecified atom stereocenters. The van der Waals surface area contributed by atoms with Gasteiger partial charge in [0.05, 0.1) is 23.9 Å². The van der Waals surface area contributed by atoms with E-state index in [1.807, 2.05) is 24.3 Å². The Morgan fingerprint density at radius 1 is 1.32 bits per heavy atom. The maximum atomic E-state index is 12.2. The van der Waals surface area contributed by atoms with Crippen LogP contribution in [0.4, 0.5) is 0 Å². The topological polar surface area (TPSA) is 75.2 Å². The summed E-state index contributed by atoms with van der Waals surface area (Å²) in [6, 6.07) is 12.3. The van der Waals surface area contributed by atoms with Crippen LogP contribution in [0.2, 0.25) is 0 Å². The summed E-state index contributed by atoms with van der Waals surface area (Å²) in [6.45, 7) is 0. The molecular formula is C16H14N2O3S. The van der Waals surface area contributed by atoms with Gasteiger partial charge < -0.3 is 14.8 Å². The van der Waals surface area contributed by atoms with Gasteiger partial charge in [-0.05, 0) is 30.3 Å². The van der Waals surface area contributed by atoms with Crippen LogP contribution in [0.25, 0.3) is 11.0 Å². The fourth-order valence-corrected chi connectivity index (χ4v) is 2.85. The van der Waals surface area contributed by atoms with Crippen LogP contribution in [0.5, 0.6) is 11.5 Å². The molecule has 0 aliphatic carbocycles. The van der Waals surface area contributed by atoms with E-state index in [0.717, 1.165) is 11.0 Å². The third-order valence-corrected chi connectivity index (χ3v) is 4.08. The molecule has 0 radical (unpaired) electrons. The Morgan fingerprint density at radius 3 is 2.91 bits per heavy atom. The van der Waals surface area contributed by atoms with Crippen molar-refractivity contribution in [2.45, 2.75) is 5.16 Å². The zero-order valence-electron chi connectivity index (χ0n) is 11.9. The van der Waals surface area contributed by atoms with Gasteiger partial charge >= 0.3 is 0 Å². The Bertz CT molecular complexity index is 796. The standard InChI is InChI=1S/C16H14N2O3S/c1-21-15-8-10(6-7-13(15)19)14(20)9-22-16-17-11-4-2-3-5-12(11)18-16/h2-8,19H,9H2,1H3,(H,17,18). The van der Waals surface area contributed by atoms with Crippen molar-refractivity contribution in [3.05, 3.63) is 48.0 Å². The molecule has 2 aromatic carbocycles. The number of rotatable bonds is 5. The fraction of sp³-hybridized carbons (Fsp3) is 0.125. The second-order valence-electron chi connectivity index (χ2n) is 4.66. The number of phenols is 1. The number of aromatic nitrogens is 2. The summed E-state index contributed by atoms with van der Waals surface area (Å²) in [6.07, 6.45) is 0. The molecule has 1 aromatic heterocycles. The zero-order chi connectivity index (χ0) is 15.5. The van der Waals surface area contributed by atoms with E-state index in [2.05, 4.69) is 9.97 Å². The van der Waals surface area contributed by atoms with Gasteiger partial charge in [-0.2, -0.15) is 0 Å². The van der Waals surface area contributed by atoms with Crippen LogP contribution in [0.1, 0.15) is 10.4 Å². The van der Waals surface area contributed by atoms with Gasteiger partial charge in [0.25, 0.3) is 0 Å². The Labute approximate surface area is 131 Å². The minimum atomic E-state index is -0.0521. The molecule has 0 fully saturated rings. The van der Waals surface area contributed by atoms with Crippen molar-refractivity contribution in [3.8, 4) is 11.5 Å². The van der Waals surface area contributed by atoms with Gasteiger partial charge in [-0.3, -0.25) is 4.79 Å². The third-order valence-electron chi connectivity index (χ3n) is 3.21. The second kappa shape index (κ2) is 6.11.